The van der Waals surface area contributed by atoms with E-state index in [0.29, 0.717) is 6.61 Å². The minimum absolute atomic E-state index is 0.0895. The van der Waals surface area contributed by atoms with E-state index >= 15 is 0 Å². The van der Waals surface area contributed by atoms with Gasteiger partial charge >= 0.3 is 0 Å². The summed E-state index contributed by atoms with van der Waals surface area (Å²) in [6.07, 6.45) is 3.62. The Labute approximate surface area is 138 Å². The van der Waals surface area contributed by atoms with Gasteiger partial charge in [0.2, 0.25) is 5.95 Å². The van der Waals surface area contributed by atoms with Gasteiger partial charge < -0.3 is 9.64 Å². The number of benzene rings is 1. The molecule has 5 rings (SSSR count). The van der Waals surface area contributed by atoms with Gasteiger partial charge in [0.25, 0.3) is 0 Å². The lowest BCUT2D eigenvalue weighted by molar-refractivity contribution is -0.00227. The fourth-order valence-corrected chi connectivity index (χ4v) is 3.49. The second-order valence-electron chi connectivity index (χ2n) is 6.07. The highest BCUT2D eigenvalue weighted by Gasteiger charge is 2.41. The minimum atomic E-state index is 0.0895. The molecule has 0 bridgehead atoms. The third-order valence-corrected chi connectivity index (χ3v) is 4.66. The predicted molar refractivity (Wildman–Crippen MR) is 87.3 cm³/mol. The smallest absolute Gasteiger partial charge is 0.225 e. The molecular weight excluding hydrogens is 304 g/mol. The molecule has 2 unspecified atom stereocenters. The Balaban J connectivity index is 1.48. The van der Waals surface area contributed by atoms with Crippen LogP contribution in [0.25, 0.3) is 11.3 Å². The summed E-state index contributed by atoms with van der Waals surface area (Å²) >= 11 is 0. The molecule has 1 aromatic carbocycles. The molecule has 1 fully saturated rings. The third kappa shape index (κ3) is 2.09. The summed E-state index contributed by atoms with van der Waals surface area (Å²) in [4.78, 5) is 10.8. The Hall–Kier alpha value is -2.80. The number of ether oxygens (including phenoxy) is 1. The van der Waals surface area contributed by atoms with E-state index in [2.05, 4.69) is 37.3 Å². The van der Waals surface area contributed by atoms with Crippen LogP contribution in [0.3, 0.4) is 0 Å². The van der Waals surface area contributed by atoms with Gasteiger partial charge in [0, 0.05) is 31.0 Å². The third-order valence-electron chi connectivity index (χ3n) is 4.66. The zero-order valence-electron chi connectivity index (χ0n) is 13.0. The molecule has 3 aromatic rings. The SMILES string of the molecule is c1ccc(-c2nnn3c2COC2CN(c4ncccn4)CC23)cc1. The Bertz CT molecular complexity index is 850. The predicted octanol–water partition coefficient (Wildman–Crippen LogP) is 1.70. The summed E-state index contributed by atoms with van der Waals surface area (Å²) < 4.78 is 8.13. The van der Waals surface area contributed by atoms with Gasteiger partial charge in [-0.1, -0.05) is 35.5 Å². The van der Waals surface area contributed by atoms with Crippen LogP contribution >= 0.6 is 0 Å². The van der Waals surface area contributed by atoms with Crippen LogP contribution in [0.5, 0.6) is 0 Å². The zero-order chi connectivity index (χ0) is 15.9. The van der Waals surface area contributed by atoms with Crippen molar-refractivity contribution in [1.82, 2.24) is 25.0 Å². The fourth-order valence-electron chi connectivity index (χ4n) is 3.49. The summed E-state index contributed by atoms with van der Waals surface area (Å²) in [6, 6.07) is 12.1. The van der Waals surface area contributed by atoms with E-state index in [-0.39, 0.29) is 12.1 Å². The molecule has 24 heavy (non-hydrogen) atoms. The van der Waals surface area contributed by atoms with E-state index in [0.717, 1.165) is 36.0 Å². The first-order valence-electron chi connectivity index (χ1n) is 8.03. The van der Waals surface area contributed by atoms with Gasteiger partial charge in [0.15, 0.2) is 0 Å². The molecule has 0 saturated carbocycles. The Morgan fingerprint density at radius 3 is 2.67 bits per heavy atom. The molecule has 0 aliphatic carbocycles. The van der Waals surface area contributed by atoms with Gasteiger partial charge in [0.05, 0.1) is 24.4 Å². The molecule has 2 aromatic heterocycles. The van der Waals surface area contributed by atoms with E-state index in [9.17, 15) is 0 Å². The van der Waals surface area contributed by atoms with E-state index in [1.165, 1.54) is 0 Å². The van der Waals surface area contributed by atoms with E-state index in [1.807, 2.05) is 28.9 Å². The summed E-state index contributed by atoms with van der Waals surface area (Å²) in [7, 11) is 0. The number of hydrogen-bond acceptors (Lipinski definition) is 6. The van der Waals surface area contributed by atoms with Gasteiger partial charge in [-0.05, 0) is 6.07 Å². The molecule has 1 saturated heterocycles. The second kappa shape index (κ2) is 5.38. The monoisotopic (exact) mass is 320 g/mol. The van der Waals surface area contributed by atoms with Crippen LogP contribution in [0.2, 0.25) is 0 Å². The van der Waals surface area contributed by atoms with E-state index in [4.69, 9.17) is 4.74 Å². The molecule has 2 aliphatic rings. The van der Waals surface area contributed by atoms with Gasteiger partial charge in [-0.2, -0.15) is 0 Å². The first-order chi connectivity index (χ1) is 11.9. The lowest BCUT2D eigenvalue weighted by Crippen LogP contribution is -2.32. The van der Waals surface area contributed by atoms with Crippen LogP contribution in [-0.4, -0.2) is 44.2 Å². The summed E-state index contributed by atoms with van der Waals surface area (Å²) in [5, 5.41) is 8.83. The first-order valence-corrected chi connectivity index (χ1v) is 8.03. The van der Waals surface area contributed by atoms with Crippen LogP contribution in [0.1, 0.15) is 11.7 Å². The maximum atomic E-state index is 6.10. The van der Waals surface area contributed by atoms with Crippen molar-refractivity contribution >= 4 is 5.95 Å². The van der Waals surface area contributed by atoms with Crippen molar-refractivity contribution in [1.29, 1.82) is 0 Å². The molecule has 2 atom stereocenters. The maximum Gasteiger partial charge on any atom is 0.225 e. The Morgan fingerprint density at radius 2 is 1.83 bits per heavy atom. The topological polar surface area (TPSA) is 69.0 Å². The molecule has 7 nitrogen and oxygen atoms in total. The van der Waals surface area contributed by atoms with Gasteiger partial charge in [-0.25, -0.2) is 14.6 Å². The van der Waals surface area contributed by atoms with E-state index in [1.54, 1.807) is 12.4 Å². The quantitative estimate of drug-likeness (QED) is 0.716. The van der Waals surface area contributed by atoms with Crippen LogP contribution in [0.4, 0.5) is 5.95 Å². The van der Waals surface area contributed by atoms with Crippen LogP contribution in [-0.2, 0) is 11.3 Å². The number of nitrogens with zero attached hydrogens (tertiary/aromatic N) is 6. The molecule has 2 aliphatic heterocycles. The number of hydrogen-bond donors (Lipinski definition) is 0. The molecule has 4 heterocycles. The zero-order valence-corrected chi connectivity index (χ0v) is 13.0. The van der Waals surface area contributed by atoms with Crippen molar-refractivity contribution < 1.29 is 4.74 Å². The number of rotatable bonds is 2. The highest BCUT2D eigenvalue weighted by Crippen LogP contribution is 2.35. The van der Waals surface area contributed by atoms with Gasteiger partial charge in [0.1, 0.15) is 5.69 Å². The van der Waals surface area contributed by atoms with Crippen molar-refractivity contribution in [3.63, 3.8) is 0 Å². The largest absolute Gasteiger partial charge is 0.368 e. The average Bonchev–Trinajstić information content (AvgIpc) is 3.27. The van der Waals surface area contributed by atoms with Crippen molar-refractivity contribution in [2.24, 2.45) is 0 Å². The molecule has 0 N–H and O–H groups in total. The lowest BCUT2D eigenvalue weighted by atomic mass is 10.1. The van der Waals surface area contributed by atoms with Crippen LogP contribution in [0.15, 0.2) is 48.8 Å². The molecule has 0 spiro atoms. The Kier molecular flexibility index (Phi) is 3.05. The highest BCUT2D eigenvalue weighted by atomic mass is 16.5. The van der Waals surface area contributed by atoms with Crippen molar-refractivity contribution in [3.8, 4) is 11.3 Å². The summed E-state index contributed by atoms with van der Waals surface area (Å²) in [5.74, 6) is 0.737. The lowest BCUT2D eigenvalue weighted by Gasteiger charge is -2.26. The maximum absolute atomic E-state index is 6.10. The van der Waals surface area contributed by atoms with E-state index < -0.39 is 0 Å². The number of fused-ring (bicyclic) bond motifs is 3. The minimum Gasteiger partial charge on any atom is -0.368 e. The van der Waals surface area contributed by atoms with Gasteiger partial charge in [-0.3, -0.25) is 0 Å². The van der Waals surface area contributed by atoms with Crippen molar-refractivity contribution in [2.75, 3.05) is 18.0 Å². The van der Waals surface area contributed by atoms with Gasteiger partial charge in [-0.15, -0.1) is 5.10 Å². The molecule has 7 heteroatoms. The molecular formula is C17H16N6O. The molecule has 0 radical (unpaired) electrons. The second-order valence-corrected chi connectivity index (χ2v) is 6.07. The summed E-state index contributed by atoms with van der Waals surface area (Å²) in [5.41, 5.74) is 3.02. The van der Waals surface area contributed by atoms with Crippen LogP contribution in [0, 0.1) is 0 Å². The number of anilines is 1. The molecule has 120 valence electrons. The summed E-state index contributed by atoms with van der Waals surface area (Å²) in [6.45, 7) is 2.08. The van der Waals surface area contributed by atoms with Crippen LogP contribution < -0.4 is 4.90 Å². The fraction of sp³-hybridized carbons (Fsp3) is 0.294. The normalized spacial score (nSPS) is 22.2. The number of aromatic nitrogens is 5. The standard InChI is InChI=1S/C17H16N6O/c1-2-5-12(6-3-1)16-14-11-24-15-10-22(17-18-7-4-8-19-17)9-13(15)23(14)21-20-16/h1-8,13,15H,9-11H2. The first kappa shape index (κ1) is 13.6. The van der Waals surface area contributed by atoms with Crippen molar-refractivity contribution in [2.45, 2.75) is 18.8 Å². The van der Waals surface area contributed by atoms with Crippen molar-refractivity contribution in [3.05, 3.63) is 54.5 Å². The highest BCUT2D eigenvalue weighted by molar-refractivity contribution is 5.61. The average molecular weight is 320 g/mol. The Morgan fingerprint density at radius 1 is 1.00 bits per heavy atom. The molecule has 0 amide bonds.